The first-order valence-electron chi connectivity index (χ1n) is 7.89. The molecule has 0 saturated heterocycles. The van der Waals surface area contributed by atoms with Gasteiger partial charge in [-0.1, -0.05) is 19.9 Å². The van der Waals surface area contributed by atoms with Crippen molar-refractivity contribution in [1.29, 1.82) is 0 Å². The largest absolute Gasteiger partial charge is 0.396 e. The van der Waals surface area contributed by atoms with Gasteiger partial charge in [0.1, 0.15) is 5.65 Å². The Morgan fingerprint density at radius 2 is 2.10 bits per heavy atom. The van der Waals surface area contributed by atoms with Gasteiger partial charge < -0.3 is 14.8 Å². The third-order valence-electron chi connectivity index (χ3n) is 4.76. The Morgan fingerprint density at radius 1 is 1.33 bits per heavy atom. The van der Waals surface area contributed by atoms with Crippen LogP contribution < -0.4 is 5.32 Å². The number of nitrogens with one attached hydrogen (secondary N) is 1. The molecular formula is C17H27N3O. The third-order valence-corrected chi connectivity index (χ3v) is 4.76. The minimum absolute atomic E-state index is 0.200. The van der Waals surface area contributed by atoms with Gasteiger partial charge in [-0.15, -0.1) is 0 Å². The SMILES string of the molecule is CCC(CC)(CCO)CNCc1cnc2c(C)cccn12. The first-order chi connectivity index (χ1) is 10.2. The van der Waals surface area contributed by atoms with Crippen molar-refractivity contribution in [1.82, 2.24) is 14.7 Å². The summed E-state index contributed by atoms with van der Waals surface area (Å²) in [5, 5.41) is 12.8. The van der Waals surface area contributed by atoms with Gasteiger partial charge in [0, 0.05) is 25.9 Å². The summed E-state index contributed by atoms with van der Waals surface area (Å²) in [6.45, 7) is 8.49. The molecule has 4 heteroatoms. The van der Waals surface area contributed by atoms with Gasteiger partial charge in [0.15, 0.2) is 0 Å². The summed E-state index contributed by atoms with van der Waals surface area (Å²) < 4.78 is 2.15. The molecule has 116 valence electrons. The van der Waals surface area contributed by atoms with Crippen LogP contribution in [0.5, 0.6) is 0 Å². The molecule has 2 rings (SSSR count). The summed E-state index contributed by atoms with van der Waals surface area (Å²) in [6, 6.07) is 4.14. The molecule has 0 radical (unpaired) electrons. The molecule has 4 nitrogen and oxygen atoms in total. The molecular weight excluding hydrogens is 262 g/mol. The molecule has 0 aliphatic carbocycles. The number of hydrogen-bond donors (Lipinski definition) is 2. The normalized spacial score (nSPS) is 12.2. The number of hydrogen-bond acceptors (Lipinski definition) is 3. The van der Waals surface area contributed by atoms with Gasteiger partial charge in [0.2, 0.25) is 0 Å². The molecule has 2 N–H and O–H groups in total. The number of rotatable bonds is 8. The second-order valence-corrected chi connectivity index (χ2v) is 5.92. The minimum atomic E-state index is 0.200. The van der Waals surface area contributed by atoms with Crippen molar-refractivity contribution in [2.45, 2.75) is 46.6 Å². The Labute approximate surface area is 127 Å². The van der Waals surface area contributed by atoms with Crippen LogP contribution in [0.2, 0.25) is 0 Å². The molecule has 0 atom stereocenters. The molecule has 0 fully saturated rings. The molecule has 0 aromatic carbocycles. The fraction of sp³-hybridized carbons (Fsp3) is 0.588. The number of fused-ring (bicyclic) bond motifs is 1. The van der Waals surface area contributed by atoms with Gasteiger partial charge in [-0.25, -0.2) is 4.98 Å². The van der Waals surface area contributed by atoms with Crippen LogP contribution in [0.4, 0.5) is 0 Å². The van der Waals surface area contributed by atoms with Crippen molar-refractivity contribution >= 4 is 5.65 Å². The maximum atomic E-state index is 9.28. The van der Waals surface area contributed by atoms with Crippen LogP contribution in [0.25, 0.3) is 5.65 Å². The van der Waals surface area contributed by atoms with Gasteiger partial charge >= 0.3 is 0 Å². The number of aliphatic hydroxyl groups is 1. The van der Waals surface area contributed by atoms with Crippen LogP contribution in [-0.4, -0.2) is 27.6 Å². The van der Waals surface area contributed by atoms with Crippen LogP contribution in [0, 0.1) is 12.3 Å². The molecule has 2 aromatic heterocycles. The Bertz CT molecular complexity index is 572. The van der Waals surface area contributed by atoms with E-state index in [-0.39, 0.29) is 12.0 Å². The zero-order valence-corrected chi connectivity index (χ0v) is 13.4. The van der Waals surface area contributed by atoms with Crippen molar-refractivity contribution in [3.8, 4) is 0 Å². The second-order valence-electron chi connectivity index (χ2n) is 5.92. The second kappa shape index (κ2) is 7.05. The summed E-state index contributed by atoms with van der Waals surface area (Å²) in [5.74, 6) is 0. The molecule has 0 bridgehead atoms. The number of aryl methyl sites for hydroxylation is 1. The van der Waals surface area contributed by atoms with E-state index in [9.17, 15) is 5.11 Å². The highest BCUT2D eigenvalue weighted by Crippen LogP contribution is 2.29. The summed E-state index contributed by atoms with van der Waals surface area (Å²) in [4.78, 5) is 4.49. The Balaban J connectivity index is 2.03. The molecule has 0 aliphatic rings. The van der Waals surface area contributed by atoms with E-state index in [2.05, 4.69) is 53.8 Å². The topological polar surface area (TPSA) is 49.6 Å². The number of aliphatic hydroxyl groups excluding tert-OH is 1. The molecule has 0 spiro atoms. The molecule has 2 aromatic rings. The Kier molecular flexibility index (Phi) is 5.37. The van der Waals surface area contributed by atoms with Crippen LogP contribution in [0.3, 0.4) is 0 Å². The number of pyridine rings is 1. The molecule has 0 aliphatic heterocycles. The van der Waals surface area contributed by atoms with Gasteiger partial charge in [-0.2, -0.15) is 0 Å². The lowest BCUT2D eigenvalue weighted by Gasteiger charge is -2.31. The summed E-state index contributed by atoms with van der Waals surface area (Å²) >= 11 is 0. The zero-order valence-electron chi connectivity index (χ0n) is 13.4. The van der Waals surface area contributed by atoms with Gasteiger partial charge in [-0.3, -0.25) is 0 Å². The molecule has 0 unspecified atom stereocenters. The van der Waals surface area contributed by atoms with E-state index in [1.165, 1.54) is 11.3 Å². The summed E-state index contributed by atoms with van der Waals surface area (Å²) in [7, 11) is 0. The zero-order chi connectivity index (χ0) is 15.3. The first-order valence-corrected chi connectivity index (χ1v) is 7.89. The molecule has 0 saturated carbocycles. The lowest BCUT2D eigenvalue weighted by molar-refractivity contribution is 0.163. The monoisotopic (exact) mass is 289 g/mol. The van der Waals surface area contributed by atoms with Crippen molar-refractivity contribution in [3.05, 3.63) is 35.8 Å². The lowest BCUT2D eigenvalue weighted by Crippen LogP contribution is -2.34. The molecule has 0 amide bonds. The molecule has 21 heavy (non-hydrogen) atoms. The van der Waals surface area contributed by atoms with Gasteiger partial charge in [0.05, 0.1) is 11.9 Å². The number of nitrogens with zero attached hydrogens (tertiary/aromatic N) is 2. The first kappa shape index (κ1) is 16.0. The highest BCUT2D eigenvalue weighted by molar-refractivity contribution is 5.48. The van der Waals surface area contributed by atoms with Crippen LogP contribution in [0.1, 0.15) is 44.4 Å². The van der Waals surface area contributed by atoms with Crippen LogP contribution in [0.15, 0.2) is 24.5 Å². The Hall–Kier alpha value is -1.39. The van der Waals surface area contributed by atoms with Crippen molar-refractivity contribution < 1.29 is 5.11 Å². The summed E-state index contributed by atoms with van der Waals surface area (Å²) in [6.07, 6.45) is 7.04. The summed E-state index contributed by atoms with van der Waals surface area (Å²) in [5.41, 5.74) is 3.60. The fourth-order valence-electron chi connectivity index (χ4n) is 2.97. The highest BCUT2D eigenvalue weighted by atomic mass is 16.3. The smallest absolute Gasteiger partial charge is 0.139 e. The van der Waals surface area contributed by atoms with Crippen molar-refractivity contribution in [2.24, 2.45) is 5.41 Å². The van der Waals surface area contributed by atoms with Crippen LogP contribution >= 0.6 is 0 Å². The fourth-order valence-corrected chi connectivity index (χ4v) is 2.97. The van der Waals surface area contributed by atoms with E-state index < -0.39 is 0 Å². The standard InChI is InChI=1S/C17H27N3O/c1-4-17(5-2,8-10-21)13-18-11-15-12-19-16-14(3)7-6-9-20(15)16/h6-7,9,12,18,21H,4-5,8,10-11,13H2,1-3H3. The quantitative estimate of drug-likeness (QED) is 0.785. The number of imidazole rings is 1. The highest BCUT2D eigenvalue weighted by Gasteiger charge is 2.25. The third kappa shape index (κ3) is 3.44. The number of aromatic nitrogens is 2. The maximum absolute atomic E-state index is 9.28. The van der Waals surface area contributed by atoms with Crippen molar-refractivity contribution in [3.63, 3.8) is 0 Å². The predicted molar refractivity (Wildman–Crippen MR) is 86.4 cm³/mol. The van der Waals surface area contributed by atoms with E-state index >= 15 is 0 Å². The maximum Gasteiger partial charge on any atom is 0.139 e. The predicted octanol–water partition coefficient (Wildman–Crippen LogP) is 2.92. The molecule has 2 heterocycles. The van der Waals surface area contributed by atoms with E-state index in [1.54, 1.807) is 0 Å². The average molecular weight is 289 g/mol. The minimum Gasteiger partial charge on any atom is -0.396 e. The average Bonchev–Trinajstić information content (AvgIpc) is 2.91. The van der Waals surface area contributed by atoms with E-state index in [0.717, 1.165) is 38.0 Å². The van der Waals surface area contributed by atoms with E-state index in [1.807, 2.05) is 6.20 Å². The van der Waals surface area contributed by atoms with Gasteiger partial charge in [0.25, 0.3) is 0 Å². The van der Waals surface area contributed by atoms with E-state index in [0.29, 0.717) is 0 Å². The van der Waals surface area contributed by atoms with E-state index in [4.69, 9.17) is 0 Å². The Morgan fingerprint density at radius 3 is 2.76 bits per heavy atom. The lowest BCUT2D eigenvalue weighted by atomic mass is 9.79. The van der Waals surface area contributed by atoms with Gasteiger partial charge in [-0.05, 0) is 43.2 Å². The van der Waals surface area contributed by atoms with Crippen LogP contribution in [-0.2, 0) is 6.54 Å². The van der Waals surface area contributed by atoms with Crippen molar-refractivity contribution in [2.75, 3.05) is 13.2 Å².